The van der Waals surface area contributed by atoms with Gasteiger partial charge in [-0.3, -0.25) is 4.79 Å². The number of amides is 1. The molecule has 2 N–H and O–H groups in total. The first kappa shape index (κ1) is 22.0. The molecule has 6 nitrogen and oxygen atoms in total. The number of carbonyl (C=O) groups is 1. The van der Waals surface area contributed by atoms with E-state index in [1.807, 2.05) is 4.90 Å². The molecule has 0 spiro atoms. The van der Waals surface area contributed by atoms with Gasteiger partial charge in [0, 0.05) is 30.9 Å². The Balaban J connectivity index is 0.00000261. The molecule has 9 heteroatoms. The van der Waals surface area contributed by atoms with Crippen LogP contribution >= 0.6 is 35.6 Å². The van der Waals surface area contributed by atoms with E-state index >= 15 is 0 Å². The van der Waals surface area contributed by atoms with Gasteiger partial charge in [0.15, 0.2) is 0 Å². The van der Waals surface area contributed by atoms with Crippen molar-refractivity contribution < 1.29 is 9.53 Å². The van der Waals surface area contributed by atoms with Crippen LogP contribution in [0.5, 0.6) is 0 Å². The molecule has 1 saturated heterocycles. The van der Waals surface area contributed by atoms with Crippen LogP contribution in [-0.4, -0.2) is 52.9 Å². The number of likely N-dealkylation sites (tertiary alicyclic amines) is 1. The molecule has 1 amide bonds. The Hall–Kier alpha value is -1.31. The van der Waals surface area contributed by atoms with E-state index in [0.717, 1.165) is 19.3 Å². The Morgan fingerprint density at radius 2 is 2.04 bits per heavy atom. The zero-order chi connectivity index (χ0) is 18.5. The molecule has 0 saturated carbocycles. The summed E-state index contributed by atoms with van der Waals surface area (Å²) in [4.78, 5) is 14.6. The van der Waals surface area contributed by atoms with Gasteiger partial charge in [0.05, 0.1) is 28.6 Å². The van der Waals surface area contributed by atoms with E-state index in [1.54, 1.807) is 35.3 Å². The number of rotatable bonds is 6. The lowest BCUT2D eigenvalue weighted by atomic mass is 10.1. The van der Waals surface area contributed by atoms with Crippen molar-refractivity contribution in [2.75, 3.05) is 26.2 Å². The Bertz CT molecular complexity index is 761. The average Bonchev–Trinajstić information content (AvgIpc) is 3.12. The number of carbonyl (C=O) groups excluding carboxylic acids is 1. The number of hydrogen-bond acceptors (Lipinski definition) is 4. The van der Waals surface area contributed by atoms with Crippen LogP contribution in [0.3, 0.4) is 0 Å². The molecule has 1 aliphatic rings. The van der Waals surface area contributed by atoms with Crippen LogP contribution < -0.4 is 5.73 Å². The molecule has 0 atom stereocenters. The third-order valence-corrected chi connectivity index (χ3v) is 4.96. The molecule has 0 unspecified atom stereocenters. The van der Waals surface area contributed by atoms with Crippen molar-refractivity contribution in [2.24, 2.45) is 5.73 Å². The lowest BCUT2D eigenvalue weighted by Crippen LogP contribution is -2.41. The number of hydrogen-bond donors (Lipinski definition) is 1. The number of aromatic nitrogens is 2. The minimum absolute atomic E-state index is 0. The number of benzene rings is 1. The van der Waals surface area contributed by atoms with Crippen molar-refractivity contribution in [2.45, 2.75) is 25.4 Å². The number of halogens is 3. The fourth-order valence-electron chi connectivity index (χ4n) is 2.97. The van der Waals surface area contributed by atoms with E-state index in [-0.39, 0.29) is 24.4 Å². The molecule has 27 heavy (non-hydrogen) atoms. The van der Waals surface area contributed by atoms with E-state index < -0.39 is 0 Å². The number of piperidine rings is 1. The van der Waals surface area contributed by atoms with Crippen molar-refractivity contribution in [3.8, 4) is 5.69 Å². The fourth-order valence-corrected chi connectivity index (χ4v) is 3.47. The molecule has 2 aromatic rings. The van der Waals surface area contributed by atoms with Crippen molar-refractivity contribution in [1.29, 1.82) is 0 Å². The third kappa shape index (κ3) is 5.59. The first-order chi connectivity index (χ1) is 12.6. The summed E-state index contributed by atoms with van der Waals surface area (Å²) in [6.45, 7) is 2.68. The third-order valence-electron chi connectivity index (χ3n) is 4.42. The van der Waals surface area contributed by atoms with Crippen molar-refractivity contribution >= 4 is 41.5 Å². The van der Waals surface area contributed by atoms with Crippen LogP contribution in [0.25, 0.3) is 5.69 Å². The number of nitrogens with zero attached hydrogens (tertiary/aromatic N) is 3. The molecule has 0 aliphatic carbocycles. The van der Waals surface area contributed by atoms with Gasteiger partial charge in [-0.1, -0.05) is 23.2 Å². The summed E-state index contributed by atoms with van der Waals surface area (Å²) < 4.78 is 7.37. The largest absolute Gasteiger partial charge is 0.378 e. The monoisotopic (exact) mass is 432 g/mol. The van der Waals surface area contributed by atoms with Gasteiger partial charge >= 0.3 is 0 Å². The molecular weight excluding hydrogens is 411 g/mol. The summed E-state index contributed by atoms with van der Waals surface area (Å²) in [6.07, 6.45) is 6.02. The van der Waals surface area contributed by atoms with Gasteiger partial charge in [-0.25, -0.2) is 4.68 Å². The molecule has 1 fully saturated rings. The van der Waals surface area contributed by atoms with Gasteiger partial charge in [-0.2, -0.15) is 5.10 Å². The predicted octanol–water partition coefficient (Wildman–Crippen LogP) is 3.57. The Morgan fingerprint density at radius 3 is 2.70 bits per heavy atom. The van der Waals surface area contributed by atoms with Gasteiger partial charge in [-0.05, 0) is 44.0 Å². The molecule has 1 aromatic carbocycles. The maximum Gasteiger partial charge on any atom is 0.257 e. The zero-order valence-electron chi connectivity index (χ0n) is 14.8. The van der Waals surface area contributed by atoms with Gasteiger partial charge in [0.2, 0.25) is 0 Å². The van der Waals surface area contributed by atoms with Crippen molar-refractivity contribution in [3.05, 3.63) is 46.2 Å². The second kappa shape index (κ2) is 10.3. The standard InChI is InChI=1S/C18H22Cl2N4O2.ClH/c19-14-2-3-17(16(20)10-14)24-12-13(11-22-24)18(25)23-7-4-15(5-8-23)26-9-1-6-21;/h2-3,10-12,15H,1,4-9,21H2;1H. The number of nitrogens with two attached hydrogens (primary N) is 1. The van der Waals surface area contributed by atoms with Crippen LogP contribution in [0.15, 0.2) is 30.6 Å². The van der Waals surface area contributed by atoms with Crippen LogP contribution in [0.1, 0.15) is 29.6 Å². The van der Waals surface area contributed by atoms with Gasteiger partial charge < -0.3 is 15.4 Å². The first-order valence-corrected chi connectivity index (χ1v) is 9.45. The van der Waals surface area contributed by atoms with Crippen molar-refractivity contribution in [3.63, 3.8) is 0 Å². The van der Waals surface area contributed by atoms with E-state index in [2.05, 4.69) is 5.10 Å². The second-order valence-corrected chi connectivity index (χ2v) is 7.12. The summed E-state index contributed by atoms with van der Waals surface area (Å²) in [5.41, 5.74) is 6.70. The molecule has 0 bridgehead atoms. The SMILES string of the molecule is Cl.NCCCOC1CCN(C(=O)c2cnn(-c3ccc(Cl)cc3Cl)c2)CC1. The smallest absolute Gasteiger partial charge is 0.257 e. The van der Waals surface area contributed by atoms with E-state index in [4.69, 9.17) is 33.7 Å². The number of ether oxygens (including phenoxy) is 1. The molecule has 3 rings (SSSR count). The van der Waals surface area contributed by atoms with Crippen LogP contribution in [-0.2, 0) is 4.74 Å². The topological polar surface area (TPSA) is 73.4 Å². The summed E-state index contributed by atoms with van der Waals surface area (Å²) in [5.74, 6) is -0.0262. The highest BCUT2D eigenvalue weighted by atomic mass is 35.5. The quantitative estimate of drug-likeness (QED) is 0.707. The Kier molecular flexibility index (Phi) is 8.38. The van der Waals surface area contributed by atoms with Gasteiger partial charge in [0.25, 0.3) is 5.91 Å². The van der Waals surface area contributed by atoms with Crippen molar-refractivity contribution in [1.82, 2.24) is 14.7 Å². The fraction of sp³-hybridized carbons (Fsp3) is 0.444. The van der Waals surface area contributed by atoms with Crippen LogP contribution in [0, 0.1) is 0 Å². The maximum absolute atomic E-state index is 12.7. The minimum atomic E-state index is -0.0262. The summed E-state index contributed by atoms with van der Waals surface area (Å²) in [7, 11) is 0. The molecule has 148 valence electrons. The highest BCUT2D eigenvalue weighted by Gasteiger charge is 2.25. The van der Waals surface area contributed by atoms with E-state index in [1.165, 1.54) is 0 Å². The van der Waals surface area contributed by atoms with Crippen LogP contribution in [0.2, 0.25) is 10.0 Å². The zero-order valence-corrected chi connectivity index (χ0v) is 17.1. The summed E-state index contributed by atoms with van der Waals surface area (Å²) in [5, 5.41) is 5.30. The molecule has 2 heterocycles. The lowest BCUT2D eigenvalue weighted by molar-refractivity contribution is 0.00845. The van der Waals surface area contributed by atoms with Gasteiger partial charge in [-0.15, -0.1) is 12.4 Å². The maximum atomic E-state index is 12.7. The average molecular weight is 434 g/mol. The molecule has 0 radical (unpaired) electrons. The minimum Gasteiger partial charge on any atom is -0.378 e. The predicted molar refractivity (Wildman–Crippen MR) is 109 cm³/mol. The molecular formula is C18H23Cl3N4O2. The summed E-state index contributed by atoms with van der Waals surface area (Å²) in [6, 6.07) is 5.16. The van der Waals surface area contributed by atoms with Crippen LogP contribution in [0.4, 0.5) is 0 Å². The highest BCUT2D eigenvalue weighted by molar-refractivity contribution is 6.35. The molecule has 1 aromatic heterocycles. The first-order valence-electron chi connectivity index (χ1n) is 8.69. The Morgan fingerprint density at radius 1 is 1.30 bits per heavy atom. The normalized spacial score (nSPS) is 14.9. The lowest BCUT2D eigenvalue weighted by Gasteiger charge is -2.31. The second-order valence-electron chi connectivity index (χ2n) is 6.27. The van der Waals surface area contributed by atoms with E-state index in [0.29, 0.717) is 47.5 Å². The highest BCUT2D eigenvalue weighted by Crippen LogP contribution is 2.24. The summed E-state index contributed by atoms with van der Waals surface area (Å²) >= 11 is 12.1. The molecule has 1 aliphatic heterocycles. The Labute approximate surface area is 175 Å². The van der Waals surface area contributed by atoms with E-state index in [9.17, 15) is 4.79 Å². The van der Waals surface area contributed by atoms with Gasteiger partial charge in [0.1, 0.15) is 0 Å².